The van der Waals surface area contributed by atoms with Crippen LogP contribution in [0.2, 0.25) is 0 Å². The van der Waals surface area contributed by atoms with Crippen LogP contribution in [-0.2, 0) is 13.1 Å². The van der Waals surface area contributed by atoms with Crippen molar-refractivity contribution in [2.24, 2.45) is 0 Å². The lowest BCUT2D eigenvalue weighted by molar-refractivity contribution is 0.0636. The van der Waals surface area contributed by atoms with Gasteiger partial charge in [-0.25, -0.2) is 4.52 Å². The minimum Gasteiger partial charge on any atom is -0.324 e. The molecule has 1 amide bonds. The molecule has 37 heavy (non-hydrogen) atoms. The monoisotopic (exact) mass is 490 g/mol. The molecule has 3 aromatic carbocycles. The smallest absolute Gasteiger partial charge is 0.278 e. The first-order valence-corrected chi connectivity index (χ1v) is 12.6. The first-order valence-electron chi connectivity index (χ1n) is 12.6. The number of carbonyl (C=O) groups excluding carboxylic acids is 1. The van der Waals surface area contributed by atoms with E-state index in [1.54, 1.807) is 21.3 Å². The van der Waals surface area contributed by atoms with Gasteiger partial charge in [0.2, 0.25) is 0 Å². The van der Waals surface area contributed by atoms with Crippen molar-refractivity contribution in [1.29, 1.82) is 0 Å². The Morgan fingerprint density at radius 1 is 0.865 bits per heavy atom. The molecule has 2 aromatic heterocycles. The molecule has 1 unspecified atom stereocenters. The lowest BCUT2D eigenvalue weighted by Gasteiger charge is -2.32. The number of aryl methyl sites for hydroxylation is 1. The average Bonchev–Trinajstić information content (AvgIpc) is 3.41. The third kappa shape index (κ3) is 5.09. The van der Waals surface area contributed by atoms with Gasteiger partial charge in [0.15, 0.2) is 5.82 Å². The van der Waals surface area contributed by atoms with Crippen molar-refractivity contribution in [3.63, 3.8) is 0 Å². The van der Waals surface area contributed by atoms with Crippen LogP contribution in [0.1, 0.15) is 52.3 Å². The second-order valence-electron chi connectivity index (χ2n) is 9.28. The number of hydrogen-bond acceptors (Lipinski definition) is 3. The van der Waals surface area contributed by atoms with Crippen molar-refractivity contribution in [2.45, 2.75) is 39.4 Å². The fourth-order valence-electron chi connectivity index (χ4n) is 4.71. The molecule has 0 aliphatic heterocycles. The van der Waals surface area contributed by atoms with Gasteiger partial charge in [0.25, 0.3) is 11.5 Å². The van der Waals surface area contributed by atoms with E-state index in [9.17, 15) is 9.59 Å². The number of hydrogen-bond donors (Lipinski definition) is 0. The molecule has 0 radical (unpaired) electrons. The zero-order valence-electron chi connectivity index (χ0n) is 21.1. The van der Waals surface area contributed by atoms with E-state index < -0.39 is 6.04 Å². The standard InChI is InChI=1S/C31H30N4O2/c1-3-27(33(21-24-11-6-4-7-12-24)30(36)26-18-16-23(2)17-19-26)29-32-35-20-10-15-28(35)31(37)34(29)22-25-13-8-5-9-14-25/h4-20,27H,3,21-22H2,1-2H3. The quantitative estimate of drug-likeness (QED) is 0.283. The summed E-state index contributed by atoms with van der Waals surface area (Å²) < 4.78 is 3.35. The molecule has 2 heterocycles. The second-order valence-corrected chi connectivity index (χ2v) is 9.28. The summed E-state index contributed by atoms with van der Waals surface area (Å²) in [6, 6.07) is 30.6. The highest BCUT2D eigenvalue weighted by atomic mass is 16.2. The Bertz CT molecular complexity index is 1550. The Hall–Kier alpha value is -4.45. The van der Waals surface area contributed by atoms with E-state index in [0.29, 0.717) is 36.4 Å². The number of benzene rings is 3. The van der Waals surface area contributed by atoms with Crippen LogP contribution < -0.4 is 5.56 Å². The van der Waals surface area contributed by atoms with Gasteiger partial charge in [-0.05, 0) is 48.7 Å². The summed E-state index contributed by atoms with van der Waals surface area (Å²) in [5.74, 6) is 0.472. The van der Waals surface area contributed by atoms with Crippen LogP contribution >= 0.6 is 0 Å². The van der Waals surface area contributed by atoms with Gasteiger partial charge in [0.1, 0.15) is 5.52 Å². The molecule has 0 saturated heterocycles. The first-order chi connectivity index (χ1) is 18.0. The fourth-order valence-corrected chi connectivity index (χ4v) is 4.71. The summed E-state index contributed by atoms with van der Waals surface area (Å²) in [6.07, 6.45) is 2.38. The molecule has 186 valence electrons. The van der Waals surface area contributed by atoms with E-state index in [1.165, 1.54) is 0 Å². The molecule has 6 nitrogen and oxygen atoms in total. The van der Waals surface area contributed by atoms with Crippen molar-refractivity contribution >= 4 is 11.4 Å². The van der Waals surface area contributed by atoms with Gasteiger partial charge in [0.05, 0.1) is 12.6 Å². The van der Waals surface area contributed by atoms with E-state index >= 15 is 0 Å². The summed E-state index contributed by atoms with van der Waals surface area (Å²) in [5, 5.41) is 4.90. The van der Waals surface area contributed by atoms with Crippen LogP contribution in [-0.4, -0.2) is 25.0 Å². The highest BCUT2D eigenvalue weighted by molar-refractivity contribution is 5.94. The summed E-state index contributed by atoms with van der Waals surface area (Å²) in [4.78, 5) is 29.5. The molecule has 0 aliphatic rings. The zero-order valence-corrected chi connectivity index (χ0v) is 21.1. The Morgan fingerprint density at radius 3 is 2.16 bits per heavy atom. The minimum absolute atomic E-state index is 0.0937. The topological polar surface area (TPSA) is 59.6 Å². The second kappa shape index (κ2) is 10.7. The van der Waals surface area contributed by atoms with Crippen molar-refractivity contribution in [1.82, 2.24) is 19.1 Å². The molecule has 0 saturated carbocycles. The molecule has 6 heteroatoms. The third-order valence-electron chi connectivity index (χ3n) is 6.68. The maximum Gasteiger partial charge on any atom is 0.278 e. The largest absolute Gasteiger partial charge is 0.324 e. The van der Waals surface area contributed by atoms with Gasteiger partial charge in [-0.3, -0.25) is 14.2 Å². The summed E-state index contributed by atoms with van der Waals surface area (Å²) in [7, 11) is 0. The van der Waals surface area contributed by atoms with Gasteiger partial charge in [0, 0.05) is 18.3 Å². The SMILES string of the molecule is CCC(c1nn2cccc2c(=O)n1Cc1ccccc1)N(Cc1ccccc1)C(=O)c1ccc(C)cc1. The van der Waals surface area contributed by atoms with Crippen LogP contribution in [0.25, 0.3) is 5.52 Å². The normalized spacial score (nSPS) is 11.9. The Morgan fingerprint density at radius 2 is 1.51 bits per heavy atom. The molecule has 0 fully saturated rings. The molecule has 0 aliphatic carbocycles. The lowest BCUT2D eigenvalue weighted by Crippen LogP contribution is -2.39. The van der Waals surface area contributed by atoms with Gasteiger partial charge >= 0.3 is 0 Å². The number of rotatable bonds is 8. The van der Waals surface area contributed by atoms with Gasteiger partial charge in [-0.1, -0.05) is 85.3 Å². The Kier molecular flexibility index (Phi) is 6.99. The Balaban J connectivity index is 1.66. The first kappa shape index (κ1) is 24.3. The maximum atomic E-state index is 14.0. The minimum atomic E-state index is -0.419. The number of carbonyl (C=O) groups is 1. The molecule has 0 N–H and O–H groups in total. The van der Waals surface area contributed by atoms with Gasteiger partial charge < -0.3 is 4.90 Å². The summed E-state index contributed by atoms with van der Waals surface area (Å²) in [5.41, 5.74) is 4.10. The van der Waals surface area contributed by atoms with Crippen LogP contribution in [0.3, 0.4) is 0 Å². The average molecular weight is 491 g/mol. The predicted molar refractivity (Wildman–Crippen MR) is 146 cm³/mol. The highest BCUT2D eigenvalue weighted by Gasteiger charge is 2.30. The molecular formula is C31H30N4O2. The van der Waals surface area contributed by atoms with Crippen LogP contribution in [0.15, 0.2) is 108 Å². The van der Waals surface area contributed by atoms with Crippen molar-refractivity contribution < 1.29 is 4.79 Å². The van der Waals surface area contributed by atoms with Crippen LogP contribution in [0, 0.1) is 6.92 Å². The molecule has 0 bridgehead atoms. The third-order valence-corrected chi connectivity index (χ3v) is 6.68. The van der Waals surface area contributed by atoms with Crippen molar-refractivity contribution in [3.05, 3.63) is 142 Å². The van der Waals surface area contributed by atoms with Crippen molar-refractivity contribution in [3.8, 4) is 0 Å². The van der Waals surface area contributed by atoms with Crippen molar-refractivity contribution in [2.75, 3.05) is 0 Å². The number of aromatic nitrogens is 3. The van der Waals surface area contributed by atoms with E-state index in [0.717, 1.165) is 16.7 Å². The predicted octanol–water partition coefficient (Wildman–Crippen LogP) is 5.65. The highest BCUT2D eigenvalue weighted by Crippen LogP contribution is 2.27. The van der Waals surface area contributed by atoms with E-state index in [4.69, 9.17) is 5.10 Å². The molecule has 5 rings (SSSR count). The lowest BCUT2D eigenvalue weighted by atomic mass is 10.1. The Labute approximate surface area is 216 Å². The van der Waals surface area contributed by atoms with Crippen LogP contribution in [0.4, 0.5) is 0 Å². The molecule has 0 spiro atoms. The maximum absolute atomic E-state index is 14.0. The zero-order chi connectivity index (χ0) is 25.8. The number of amides is 1. The van der Waals surface area contributed by atoms with E-state index in [2.05, 4.69) is 0 Å². The number of fused-ring (bicyclic) bond motifs is 1. The summed E-state index contributed by atoms with van der Waals surface area (Å²) in [6.45, 7) is 4.81. The molecule has 1 atom stereocenters. The van der Waals surface area contributed by atoms with E-state index in [1.807, 2.05) is 110 Å². The van der Waals surface area contributed by atoms with E-state index in [-0.39, 0.29) is 11.5 Å². The number of nitrogens with zero attached hydrogens (tertiary/aromatic N) is 4. The summed E-state index contributed by atoms with van der Waals surface area (Å²) >= 11 is 0. The van der Waals surface area contributed by atoms with Gasteiger partial charge in [-0.15, -0.1) is 0 Å². The van der Waals surface area contributed by atoms with Gasteiger partial charge in [-0.2, -0.15) is 5.10 Å². The molecule has 5 aromatic rings. The molecular weight excluding hydrogens is 460 g/mol. The van der Waals surface area contributed by atoms with Crippen LogP contribution in [0.5, 0.6) is 0 Å². The fraction of sp³-hybridized carbons (Fsp3) is 0.194.